The van der Waals surface area contributed by atoms with E-state index in [1.165, 1.54) is 7.11 Å². The molecule has 1 saturated heterocycles. The van der Waals surface area contributed by atoms with Crippen LogP contribution in [0.1, 0.15) is 30.0 Å². The minimum absolute atomic E-state index is 0.0934. The maximum Gasteiger partial charge on any atom is 0.230 e. The van der Waals surface area contributed by atoms with Gasteiger partial charge in [-0.1, -0.05) is 18.2 Å². The number of amides is 2. The summed E-state index contributed by atoms with van der Waals surface area (Å²) in [6, 6.07) is 20.8. The molecule has 184 valence electrons. The molecule has 0 radical (unpaired) electrons. The molecule has 1 heterocycles. The van der Waals surface area contributed by atoms with E-state index >= 15 is 0 Å². The number of para-hydroxylation sites is 1. The first kappa shape index (κ1) is 24.6. The van der Waals surface area contributed by atoms with E-state index in [9.17, 15) is 14.9 Å². The zero-order valence-electron chi connectivity index (χ0n) is 20.4. The van der Waals surface area contributed by atoms with Crippen molar-refractivity contribution >= 4 is 23.2 Å². The lowest BCUT2D eigenvalue weighted by molar-refractivity contribution is -0.126. The summed E-state index contributed by atoms with van der Waals surface area (Å²) in [6.45, 7) is 0. The van der Waals surface area contributed by atoms with Crippen molar-refractivity contribution in [2.75, 3.05) is 31.5 Å². The summed E-state index contributed by atoms with van der Waals surface area (Å²) in [5, 5.41) is 12.2. The van der Waals surface area contributed by atoms with E-state index in [0.717, 1.165) is 5.56 Å². The molecule has 2 unspecified atom stereocenters. The van der Waals surface area contributed by atoms with Crippen LogP contribution in [0, 0.1) is 17.2 Å². The number of piperidine rings is 1. The first-order valence-electron chi connectivity index (χ1n) is 11.5. The number of nitriles is 1. The second-order valence-corrected chi connectivity index (χ2v) is 8.31. The van der Waals surface area contributed by atoms with Gasteiger partial charge in [-0.25, -0.2) is 0 Å². The number of ether oxygens (including phenoxy) is 3. The van der Waals surface area contributed by atoms with Crippen LogP contribution in [0.3, 0.4) is 0 Å². The number of nitrogens with one attached hydrogen (secondary N) is 1. The fourth-order valence-corrected chi connectivity index (χ4v) is 4.58. The normalized spacial score (nSPS) is 17.2. The molecule has 3 aromatic rings. The van der Waals surface area contributed by atoms with Gasteiger partial charge in [-0.15, -0.1) is 0 Å². The first-order valence-corrected chi connectivity index (χ1v) is 11.5. The predicted octanol–water partition coefficient (Wildman–Crippen LogP) is 4.71. The molecule has 0 aliphatic carbocycles. The predicted molar refractivity (Wildman–Crippen MR) is 135 cm³/mol. The van der Waals surface area contributed by atoms with Crippen molar-refractivity contribution in [3.05, 3.63) is 77.9 Å². The van der Waals surface area contributed by atoms with E-state index in [1.54, 1.807) is 61.6 Å². The number of hydrogen-bond donors (Lipinski definition) is 1. The van der Waals surface area contributed by atoms with Gasteiger partial charge in [-0.3, -0.25) is 9.59 Å². The molecule has 0 bridgehead atoms. The summed E-state index contributed by atoms with van der Waals surface area (Å²) in [6.07, 6.45) is 0.547. The molecule has 0 spiro atoms. The number of carbonyl (C=O) groups is 2. The number of carbonyl (C=O) groups excluding carboxylic acids is 2. The first-order chi connectivity index (χ1) is 17.5. The van der Waals surface area contributed by atoms with Crippen LogP contribution in [0.2, 0.25) is 0 Å². The fourth-order valence-electron chi connectivity index (χ4n) is 4.58. The molecule has 2 amide bonds. The average Bonchev–Trinajstić information content (AvgIpc) is 2.92. The number of rotatable bonds is 7. The monoisotopic (exact) mass is 485 g/mol. The quantitative estimate of drug-likeness (QED) is 0.520. The van der Waals surface area contributed by atoms with Gasteiger partial charge in [0, 0.05) is 17.7 Å². The Bertz CT molecular complexity index is 1300. The molecule has 0 aromatic heterocycles. The minimum atomic E-state index is -0.624. The van der Waals surface area contributed by atoms with Gasteiger partial charge in [0.1, 0.15) is 17.2 Å². The third-order valence-corrected chi connectivity index (χ3v) is 6.33. The summed E-state index contributed by atoms with van der Waals surface area (Å²) in [7, 11) is 4.64. The molecule has 1 fully saturated rings. The SMILES string of the molecule is COc1ccc(N2C(=O)CCC(C(=O)Nc3cc(C#N)ccc3OC)C2c2ccccc2OC)cc1. The summed E-state index contributed by atoms with van der Waals surface area (Å²) >= 11 is 0. The summed E-state index contributed by atoms with van der Waals surface area (Å²) in [5.41, 5.74) is 2.17. The number of methoxy groups -OCH3 is 3. The van der Waals surface area contributed by atoms with Gasteiger partial charge in [0.25, 0.3) is 0 Å². The van der Waals surface area contributed by atoms with Gasteiger partial charge in [-0.05, 0) is 55.0 Å². The third-order valence-electron chi connectivity index (χ3n) is 6.33. The molecule has 1 aliphatic heterocycles. The standard InChI is InChI=1S/C28H27N3O5/c1-34-20-11-9-19(10-12-20)31-26(32)15-13-22(27(31)21-6-4-5-7-24(21)35-2)28(33)30-23-16-18(17-29)8-14-25(23)36-3/h4-12,14,16,22,27H,13,15H2,1-3H3,(H,30,33). The van der Waals surface area contributed by atoms with Crippen LogP contribution >= 0.6 is 0 Å². The van der Waals surface area contributed by atoms with Crippen LogP contribution in [-0.2, 0) is 9.59 Å². The van der Waals surface area contributed by atoms with Crippen LogP contribution in [-0.4, -0.2) is 33.1 Å². The highest BCUT2D eigenvalue weighted by Crippen LogP contribution is 2.44. The van der Waals surface area contributed by atoms with E-state index in [2.05, 4.69) is 11.4 Å². The Hall–Kier alpha value is -4.51. The van der Waals surface area contributed by atoms with Crippen molar-refractivity contribution in [3.63, 3.8) is 0 Å². The molecule has 1 N–H and O–H groups in total. The van der Waals surface area contributed by atoms with Crippen molar-refractivity contribution < 1.29 is 23.8 Å². The van der Waals surface area contributed by atoms with E-state index in [-0.39, 0.29) is 18.2 Å². The number of anilines is 2. The molecule has 8 nitrogen and oxygen atoms in total. The van der Waals surface area contributed by atoms with Crippen LogP contribution in [0.25, 0.3) is 0 Å². The van der Waals surface area contributed by atoms with Gasteiger partial charge >= 0.3 is 0 Å². The average molecular weight is 486 g/mol. The smallest absolute Gasteiger partial charge is 0.230 e. The lowest BCUT2D eigenvalue weighted by Crippen LogP contribution is -2.47. The van der Waals surface area contributed by atoms with Crippen molar-refractivity contribution in [1.29, 1.82) is 5.26 Å². The van der Waals surface area contributed by atoms with Crippen molar-refractivity contribution in [2.45, 2.75) is 18.9 Å². The molecule has 3 aromatic carbocycles. The summed E-state index contributed by atoms with van der Waals surface area (Å²) in [5.74, 6) is 0.703. The Kier molecular flexibility index (Phi) is 7.40. The zero-order valence-corrected chi connectivity index (χ0v) is 20.4. The second-order valence-electron chi connectivity index (χ2n) is 8.31. The fraction of sp³-hybridized carbons (Fsp3) is 0.250. The van der Waals surface area contributed by atoms with Gasteiger partial charge in [0.05, 0.1) is 50.6 Å². The Balaban J connectivity index is 1.78. The van der Waals surface area contributed by atoms with E-state index in [1.807, 2.05) is 24.3 Å². The summed E-state index contributed by atoms with van der Waals surface area (Å²) < 4.78 is 16.3. The molecule has 8 heteroatoms. The molecular formula is C28H27N3O5. The molecular weight excluding hydrogens is 458 g/mol. The van der Waals surface area contributed by atoms with Gasteiger partial charge < -0.3 is 24.4 Å². The Morgan fingerprint density at radius 1 is 0.972 bits per heavy atom. The maximum atomic E-state index is 13.8. The Morgan fingerprint density at radius 2 is 1.69 bits per heavy atom. The highest BCUT2D eigenvalue weighted by Gasteiger charge is 2.42. The van der Waals surface area contributed by atoms with Crippen LogP contribution in [0.4, 0.5) is 11.4 Å². The van der Waals surface area contributed by atoms with Crippen LogP contribution in [0.15, 0.2) is 66.7 Å². The number of nitrogens with zero attached hydrogens (tertiary/aromatic N) is 2. The highest BCUT2D eigenvalue weighted by molar-refractivity contribution is 6.01. The largest absolute Gasteiger partial charge is 0.497 e. The van der Waals surface area contributed by atoms with E-state index in [0.29, 0.717) is 40.6 Å². The molecule has 2 atom stereocenters. The molecule has 0 saturated carbocycles. The molecule has 36 heavy (non-hydrogen) atoms. The second kappa shape index (κ2) is 10.8. The Labute approximate surface area is 210 Å². The van der Waals surface area contributed by atoms with Crippen molar-refractivity contribution in [3.8, 4) is 23.3 Å². The summed E-state index contributed by atoms with van der Waals surface area (Å²) in [4.78, 5) is 28.7. The van der Waals surface area contributed by atoms with E-state index in [4.69, 9.17) is 14.2 Å². The maximum absolute atomic E-state index is 13.8. The van der Waals surface area contributed by atoms with E-state index < -0.39 is 12.0 Å². The number of hydrogen-bond acceptors (Lipinski definition) is 6. The van der Waals surface area contributed by atoms with Gasteiger partial charge in [-0.2, -0.15) is 5.26 Å². The lowest BCUT2D eigenvalue weighted by Gasteiger charge is -2.41. The zero-order chi connectivity index (χ0) is 25.7. The van der Waals surface area contributed by atoms with Crippen molar-refractivity contribution in [2.24, 2.45) is 5.92 Å². The van der Waals surface area contributed by atoms with Crippen LogP contribution < -0.4 is 24.4 Å². The molecule has 4 rings (SSSR count). The Morgan fingerprint density at radius 3 is 2.36 bits per heavy atom. The topological polar surface area (TPSA) is 101 Å². The minimum Gasteiger partial charge on any atom is -0.497 e. The highest BCUT2D eigenvalue weighted by atomic mass is 16.5. The van der Waals surface area contributed by atoms with Gasteiger partial charge in [0.2, 0.25) is 11.8 Å². The van der Waals surface area contributed by atoms with Crippen LogP contribution in [0.5, 0.6) is 17.2 Å². The third kappa shape index (κ3) is 4.82. The lowest BCUT2D eigenvalue weighted by atomic mass is 9.82. The van der Waals surface area contributed by atoms with Gasteiger partial charge in [0.15, 0.2) is 0 Å². The number of benzene rings is 3. The van der Waals surface area contributed by atoms with Crippen molar-refractivity contribution in [1.82, 2.24) is 0 Å². The molecule has 1 aliphatic rings.